The van der Waals surface area contributed by atoms with E-state index in [0.717, 1.165) is 12.1 Å². The van der Waals surface area contributed by atoms with Crippen LogP contribution in [0.25, 0.3) is 0 Å². The number of amidine groups is 1. The minimum atomic E-state index is -4.50. The quantitative estimate of drug-likeness (QED) is 0.807. The van der Waals surface area contributed by atoms with Crippen LogP contribution < -0.4 is 5.73 Å². The standard InChI is InChI=1S/C17H12F3N3O/c18-17(19,20)9-3-4-10-12(8-9)16(15(24)23-14(10)21)6-5-13-11(16)2-1-7-22-13/h1-4,7-8H,5-6H2,(H2,21,23,24)/t16-/m0/s1. The summed E-state index contributed by atoms with van der Waals surface area (Å²) in [6, 6.07) is 6.68. The maximum Gasteiger partial charge on any atom is 0.416 e. The van der Waals surface area contributed by atoms with Gasteiger partial charge in [-0.25, -0.2) is 0 Å². The number of aromatic nitrogens is 1. The first-order chi connectivity index (χ1) is 11.3. The molecule has 4 nitrogen and oxygen atoms in total. The molecule has 0 fully saturated rings. The topological polar surface area (TPSA) is 68.3 Å². The molecule has 0 unspecified atom stereocenters. The minimum Gasteiger partial charge on any atom is -0.383 e. The monoisotopic (exact) mass is 331 g/mol. The second kappa shape index (κ2) is 4.66. The third-order valence-electron chi connectivity index (χ3n) is 4.76. The second-order valence-corrected chi connectivity index (χ2v) is 5.96. The summed E-state index contributed by atoms with van der Waals surface area (Å²) < 4.78 is 39.5. The van der Waals surface area contributed by atoms with Gasteiger partial charge in [0.1, 0.15) is 11.3 Å². The lowest BCUT2D eigenvalue weighted by atomic mass is 9.71. The van der Waals surface area contributed by atoms with Crippen molar-refractivity contribution < 1.29 is 18.0 Å². The molecule has 0 saturated carbocycles. The van der Waals surface area contributed by atoms with Crippen LogP contribution in [0.4, 0.5) is 13.2 Å². The highest BCUT2D eigenvalue weighted by Crippen LogP contribution is 2.48. The predicted molar refractivity (Wildman–Crippen MR) is 80.5 cm³/mol. The molecular formula is C17H12F3N3O. The van der Waals surface area contributed by atoms with Crippen molar-refractivity contribution in [3.8, 4) is 0 Å². The lowest BCUT2D eigenvalue weighted by Gasteiger charge is -2.33. The average Bonchev–Trinajstić information content (AvgIpc) is 2.92. The summed E-state index contributed by atoms with van der Waals surface area (Å²) in [7, 11) is 0. The maximum absolute atomic E-state index is 13.2. The Bertz CT molecular complexity index is 904. The van der Waals surface area contributed by atoms with Crippen LogP contribution in [0.2, 0.25) is 0 Å². The fourth-order valence-electron chi connectivity index (χ4n) is 3.65. The normalized spacial score (nSPS) is 22.3. The Kier molecular flexibility index (Phi) is 2.88. The number of fused-ring (bicyclic) bond motifs is 4. The molecule has 0 bridgehead atoms. The number of nitrogens with zero attached hydrogens (tertiary/aromatic N) is 2. The van der Waals surface area contributed by atoms with E-state index in [-0.39, 0.29) is 11.4 Å². The Labute approximate surface area is 135 Å². The van der Waals surface area contributed by atoms with Crippen molar-refractivity contribution >= 4 is 11.7 Å². The van der Waals surface area contributed by atoms with E-state index in [1.807, 2.05) is 0 Å². The van der Waals surface area contributed by atoms with Crippen molar-refractivity contribution in [1.82, 2.24) is 4.98 Å². The summed E-state index contributed by atoms with van der Waals surface area (Å²) in [5, 5.41) is 0. The lowest BCUT2D eigenvalue weighted by molar-refractivity contribution is -0.137. The molecule has 1 atom stereocenters. The highest BCUT2D eigenvalue weighted by Gasteiger charge is 2.51. The zero-order valence-corrected chi connectivity index (χ0v) is 12.4. The molecule has 2 N–H and O–H groups in total. The van der Waals surface area contributed by atoms with Gasteiger partial charge in [0.15, 0.2) is 0 Å². The highest BCUT2D eigenvalue weighted by molar-refractivity contribution is 6.13. The molecule has 122 valence electrons. The molecule has 0 saturated heterocycles. The first kappa shape index (κ1) is 14.9. The van der Waals surface area contributed by atoms with Crippen molar-refractivity contribution in [1.29, 1.82) is 0 Å². The van der Waals surface area contributed by atoms with Gasteiger partial charge in [0.05, 0.1) is 5.56 Å². The molecule has 1 aliphatic carbocycles. The molecule has 4 rings (SSSR count). The fourth-order valence-corrected chi connectivity index (χ4v) is 3.65. The van der Waals surface area contributed by atoms with Crippen LogP contribution in [0.5, 0.6) is 0 Å². The van der Waals surface area contributed by atoms with Crippen molar-refractivity contribution in [2.75, 3.05) is 0 Å². The van der Waals surface area contributed by atoms with Gasteiger partial charge in [-0.05, 0) is 42.2 Å². The van der Waals surface area contributed by atoms with E-state index < -0.39 is 23.1 Å². The summed E-state index contributed by atoms with van der Waals surface area (Å²) >= 11 is 0. The Morgan fingerprint density at radius 3 is 2.71 bits per heavy atom. The number of hydrogen-bond acceptors (Lipinski definition) is 3. The molecule has 2 heterocycles. The molecule has 7 heteroatoms. The third kappa shape index (κ3) is 1.84. The average molecular weight is 331 g/mol. The van der Waals surface area contributed by atoms with Gasteiger partial charge in [0.2, 0.25) is 0 Å². The highest BCUT2D eigenvalue weighted by atomic mass is 19.4. The van der Waals surface area contributed by atoms with E-state index in [1.54, 1.807) is 18.3 Å². The summed E-state index contributed by atoms with van der Waals surface area (Å²) in [6.07, 6.45) is -2.05. The number of carbonyl (C=O) groups is 1. The van der Waals surface area contributed by atoms with E-state index in [1.165, 1.54) is 6.07 Å². The number of alkyl halides is 3. The molecule has 1 aromatic heterocycles. The van der Waals surface area contributed by atoms with Gasteiger partial charge in [-0.3, -0.25) is 9.78 Å². The zero-order valence-electron chi connectivity index (χ0n) is 12.4. The molecule has 1 amide bonds. The summed E-state index contributed by atoms with van der Waals surface area (Å²) in [5.74, 6) is -0.578. The van der Waals surface area contributed by atoms with Gasteiger partial charge in [-0.1, -0.05) is 12.1 Å². The van der Waals surface area contributed by atoms with Gasteiger partial charge < -0.3 is 5.73 Å². The van der Waals surface area contributed by atoms with Crippen LogP contribution in [-0.4, -0.2) is 16.7 Å². The molecule has 1 aliphatic heterocycles. The van der Waals surface area contributed by atoms with E-state index in [4.69, 9.17) is 5.73 Å². The van der Waals surface area contributed by atoms with Gasteiger partial charge >= 0.3 is 6.18 Å². The number of rotatable bonds is 0. The SMILES string of the molecule is NC1=NC(=O)[C@]2(CCc3ncccc32)c2cc(C(F)(F)F)ccc21. The molecule has 24 heavy (non-hydrogen) atoms. The van der Waals surface area contributed by atoms with E-state index in [9.17, 15) is 18.0 Å². The van der Waals surface area contributed by atoms with Crippen LogP contribution >= 0.6 is 0 Å². The van der Waals surface area contributed by atoms with Crippen LogP contribution in [0.3, 0.4) is 0 Å². The smallest absolute Gasteiger partial charge is 0.383 e. The first-order valence-corrected chi connectivity index (χ1v) is 7.39. The van der Waals surface area contributed by atoms with E-state index >= 15 is 0 Å². The van der Waals surface area contributed by atoms with E-state index in [0.29, 0.717) is 29.7 Å². The second-order valence-electron chi connectivity index (χ2n) is 5.96. The van der Waals surface area contributed by atoms with Gasteiger partial charge in [-0.15, -0.1) is 0 Å². The van der Waals surface area contributed by atoms with Gasteiger partial charge in [0.25, 0.3) is 5.91 Å². The molecular weight excluding hydrogens is 319 g/mol. The Morgan fingerprint density at radius 1 is 1.17 bits per heavy atom. The minimum absolute atomic E-state index is 0.0494. The predicted octanol–water partition coefficient (Wildman–Crippen LogP) is 2.58. The molecule has 2 aromatic rings. The number of aryl methyl sites for hydroxylation is 1. The van der Waals surface area contributed by atoms with Gasteiger partial charge in [-0.2, -0.15) is 18.2 Å². The maximum atomic E-state index is 13.2. The number of carbonyl (C=O) groups excluding carboxylic acids is 1. The number of hydrogen-bond donors (Lipinski definition) is 1. The van der Waals surface area contributed by atoms with Crippen LogP contribution in [0, 0.1) is 0 Å². The number of aliphatic imine (C=N–C) groups is 1. The van der Waals surface area contributed by atoms with Gasteiger partial charge in [0, 0.05) is 17.5 Å². The number of halogens is 3. The Balaban J connectivity index is 2.04. The summed E-state index contributed by atoms with van der Waals surface area (Å²) in [6.45, 7) is 0. The van der Waals surface area contributed by atoms with Crippen molar-refractivity contribution in [2.24, 2.45) is 10.7 Å². The van der Waals surface area contributed by atoms with Crippen LogP contribution in [0.15, 0.2) is 41.5 Å². The van der Waals surface area contributed by atoms with Crippen LogP contribution in [-0.2, 0) is 22.8 Å². The number of nitrogens with two attached hydrogens (primary N) is 1. The molecule has 1 aromatic carbocycles. The Hall–Kier alpha value is -2.70. The third-order valence-corrected chi connectivity index (χ3v) is 4.76. The van der Waals surface area contributed by atoms with E-state index in [2.05, 4.69) is 9.98 Å². The number of benzene rings is 1. The van der Waals surface area contributed by atoms with Crippen molar-refractivity contribution in [2.45, 2.75) is 24.4 Å². The summed E-state index contributed by atoms with van der Waals surface area (Å²) in [5.41, 5.74) is 5.73. The van der Waals surface area contributed by atoms with Crippen molar-refractivity contribution in [3.63, 3.8) is 0 Å². The number of pyridine rings is 1. The molecule has 2 aliphatic rings. The largest absolute Gasteiger partial charge is 0.416 e. The van der Waals surface area contributed by atoms with Crippen molar-refractivity contribution in [3.05, 3.63) is 64.5 Å². The molecule has 0 radical (unpaired) electrons. The van der Waals surface area contributed by atoms with Crippen LogP contribution in [0.1, 0.15) is 34.4 Å². The zero-order chi connectivity index (χ0) is 17.1. The molecule has 1 spiro atoms. The first-order valence-electron chi connectivity index (χ1n) is 7.39. The fraction of sp³-hybridized carbons (Fsp3) is 0.235. The Morgan fingerprint density at radius 2 is 1.96 bits per heavy atom. The lowest BCUT2D eigenvalue weighted by Crippen LogP contribution is -2.41. The summed E-state index contributed by atoms with van der Waals surface area (Å²) in [4.78, 5) is 20.9. The number of amides is 1.